The van der Waals surface area contributed by atoms with E-state index in [0.717, 1.165) is 25.7 Å². The van der Waals surface area contributed by atoms with Crippen LogP contribution in [0.3, 0.4) is 0 Å². The topological polar surface area (TPSA) is 38.3 Å². The molecule has 1 aliphatic rings. The molecule has 1 fully saturated rings. The van der Waals surface area contributed by atoms with Gasteiger partial charge in [0, 0.05) is 10.5 Å². The number of hydrogen-bond donors (Lipinski definition) is 1. The molecule has 0 radical (unpaired) electrons. The number of benzene rings is 1. The predicted octanol–water partition coefficient (Wildman–Crippen LogP) is 3.66. The highest BCUT2D eigenvalue weighted by atomic mass is 79.9. The molecule has 0 unspecified atom stereocenters. The standard InChI is InChI=1S/C14H17BrFNO2/c1-19-12-8-9(15)7-11(13(12)16)14(18)17-10-5-3-2-4-6-10/h7-8,10H,2-6H2,1H3,(H,17,18). The van der Waals surface area contributed by atoms with Crippen molar-refractivity contribution in [1.29, 1.82) is 0 Å². The molecule has 0 aromatic heterocycles. The minimum absolute atomic E-state index is 0.0248. The van der Waals surface area contributed by atoms with Crippen LogP contribution in [0, 0.1) is 5.82 Å². The molecule has 0 saturated heterocycles. The Morgan fingerprint density at radius 2 is 2.05 bits per heavy atom. The van der Waals surface area contributed by atoms with Gasteiger partial charge in [-0.25, -0.2) is 4.39 Å². The molecule has 1 aromatic rings. The van der Waals surface area contributed by atoms with Gasteiger partial charge in [0.15, 0.2) is 11.6 Å². The van der Waals surface area contributed by atoms with Crippen LogP contribution in [0.4, 0.5) is 4.39 Å². The van der Waals surface area contributed by atoms with Gasteiger partial charge in [-0.3, -0.25) is 4.79 Å². The lowest BCUT2D eigenvalue weighted by Crippen LogP contribution is -2.36. The fourth-order valence-corrected chi connectivity index (χ4v) is 2.82. The first-order valence-electron chi connectivity index (χ1n) is 6.45. The van der Waals surface area contributed by atoms with Crippen molar-refractivity contribution in [2.24, 2.45) is 0 Å². The molecular formula is C14H17BrFNO2. The molecule has 1 amide bonds. The van der Waals surface area contributed by atoms with Crippen molar-refractivity contribution < 1.29 is 13.9 Å². The Bertz CT molecular complexity index is 473. The third-order valence-electron chi connectivity index (χ3n) is 3.41. The van der Waals surface area contributed by atoms with E-state index in [1.807, 2.05) is 0 Å². The molecule has 0 bridgehead atoms. The summed E-state index contributed by atoms with van der Waals surface area (Å²) in [5.74, 6) is -0.911. The zero-order valence-electron chi connectivity index (χ0n) is 10.8. The lowest BCUT2D eigenvalue weighted by Gasteiger charge is -2.23. The summed E-state index contributed by atoms with van der Waals surface area (Å²) in [4.78, 5) is 12.1. The van der Waals surface area contributed by atoms with E-state index in [-0.39, 0.29) is 23.3 Å². The van der Waals surface area contributed by atoms with Crippen molar-refractivity contribution in [2.75, 3.05) is 7.11 Å². The summed E-state index contributed by atoms with van der Waals surface area (Å²) in [5, 5.41) is 2.90. The summed E-state index contributed by atoms with van der Waals surface area (Å²) in [7, 11) is 1.38. The summed E-state index contributed by atoms with van der Waals surface area (Å²) in [6.07, 6.45) is 5.40. The van der Waals surface area contributed by atoms with Crippen molar-refractivity contribution in [2.45, 2.75) is 38.1 Å². The molecule has 104 valence electrons. The molecule has 0 atom stereocenters. The second-order valence-corrected chi connectivity index (χ2v) is 5.69. The molecule has 1 saturated carbocycles. The van der Waals surface area contributed by atoms with Gasteiger partial charge < -0.3 is 10.1 Å². The third-order valence-corrected chi connectivity index (χ3v) is 3.87. The second kappa shape index (κ2) is 6.37. The SMILES string of the molecule is COc1cc(Br)cc(C(=O)NC2CCCCC2)c1F. The Kier molecular flexibility index (Phi) is 4.80. The minimum atomic E-state index is -0.612. The summed E-state index contributed by atoms with van der Waals surface area (Å²) < 4.78 is 19.6. The van der Waals surface area contributed by atoms with Crippen molar-refractivity contribution in [3.05, 3.63) is 28.0 Å². The van der Waals surface area contributed by atoms with Crippen molar-refractivity contribution in [3.8, 4) is 5.75 Å². The van der Waals surface area contributed by atoms with E-state index in [0.29, 0.717) is 4.47 Å². The molecule has 3 nitrogen and oxygen atoms in total. The summed E-state index contributed by atoms with van der Waals surface area (Å²) in [6, 6.07) is 3.15. The van der Waals surface area contributed by atoms with E-state index in [1.165, 1.54) is 25.7 Å². The predicted molar refractivity (Wildman–Crippen MR) is 75.0 cm³/mol. The number of rotatable bonds is 3. The van der Waals surface area contributed by atoms with E-state index >= 15 is 0 Å². The van der Waals surface area contributed by atoms with Gasteiger partial charge in [-0.1, -0.05) is 35.2 Å². The zero-order chi connectivity index (χ0) is 13.8. The fraction of sp³-hybridized carbons (Fsp3) is 0.500. The first kappa shape index (κ1) is 14.3. The van der Waals surface area contributed by atoms with Crippen molar-refractivity contribution >= 4 is 21.8 Å². The quantitative estimate of drug-likeness (QED) is 0.919. The number of ether oxygens (including phenoxy) is 1. The summed E-state index contributed by atoms with van der Waals surface area (Å²) in [5.41, 5.74) is 0.0248. The molecule has 1 N–H and O–H groups in total. The molecule has 0 spiro atoms. The lowest BCUT2D eigenvalue weighted by atomic mass is 9.95. The van der Waals surface area contributed by atoms with E-state index in [1.54, 1.807) is 0 Å². The fourth-order valence-electron chi connectivity index (χ4n) is 2.39. The van der Waals surface area contributed by atoms with Gasteiger partial charge in [-0.2, -0.15) is 0 Å². The summed E-state index contributed by atoms with van der Waals surface area (Å²) in [6.45, 7) is 0. The van der Waals surface area contributed by atoms with Crippen molar-refractivity contribution in [3.63, 3.8) is 0 Å². The van der Waals surface area contributed by atoms with Crippen LogP contribution in [0.2, 0.25) is 0 Å². The van der Waals surface area contributed by atoms with E-state index in [4.69, 9.17) is 4.74 Å². The maximum atomic E-state index is 14.1. The van der Waals surface area contributed by atoms with Crippen LogP contribution in [0.25, 0.3) is 0 Å². The molecule has 0 aliphatic heterocycles. The lowest BCUT2D eigenvalue weighted by molar-refractivity contribution is 0.0922. The van der Waals surface area contributed by atoms with Crippen LogP contribution in [-0.4, -0.2) is 19.1 Å². The smallest absolute Gasteiger partial charge is 0.254 e. The molecule has 2 rings (SSSR count). The highest BCUT2D eigenvalue weighted by Crippen LogP contribution is 2.26. The van der Waals surface area contributed by atoms with Crippen LogP contribution < -0.4 is 10.1 Å². The molecule has 1 aromatic carbocycles. The van der Waals surface area contributed by atoms with Crippen LogP contribution in [0.5, 0.6) is 5.75 Å². The van der Waals surface area contributed by atoms with Gasteiger partial charge in [0.25, 0.3) is 5.91 Å². The Morgan fingerprint density at radius 1 is 1.37 bits per heavy atom. The van der Waals surface area contributed by atoms with Gasteiger partial charge in [0.2, 0.25) is 0 Å². The number of nitrogens with one attached hydrogen (secondary N) is 1. The average Bonchev–Trinajstić information content (AvgIpc) is 2.42. The van der Waals surface area contributed by atoms with Gasteiger partial charge in [-0.15, -0.1) is 0 Å². The Hall–Kier alpha value is -1.10. The van der Waals surface area contributed by atoms with Crippen LogP contribution >= 0.6 is 15.9 Å². The number of carbonyl (C=O) groups excluding carboxylic acids is 1. The monoisotopic (exact) mass is 329 g/mol. The number of carbonyl (C=O) groups is 1. The first-order chi connectivity index (χ1) is 9.11. The number of methoxy groups -OCH3 is 1. The van der Waals surface area contributed by atoms with E-state index in [2.05, 4.69) is 21.2 Å². The van der Waals surface area contributed by atoms with Gasteiger partial charge in [0.1, 0.15) is 0 Å². The highest BCUT2D eigenvalue weighted by Gasteiger charge is 2.21. The minimum Gasteiger partial charge on any atom is -0.494 e. The van der Waals surface area contributed by atoms with Crippen LogP contribution in [-0.2, 0) is 0 Å². The number of amides is 1. The summed E-state index contributed by atoms with van der Waals surface area (Å²) >= 11 is 3.25. The van der Waals surface area contributed by atoms with Gasteiger partial charge in [-0.05, 0) is 25.0 Å². The number of hydrogen-bond acceptors (Lipinski definition) is 2. The third kappa shape index (κ3) is 3.47. The molecule has 0 heterocycles. The molecule has 5 heteroatoms. The van der Waals surface area contributed by atoms with Gasteiger partial charge in [0.05, 0.1) is 12.7 Å². The van der Waals surface area contributed by atoms with Crippen LogP contribution in [0.1, 0.15) is 42.5 Å². The number of halogens is 2. The Morgan fingerprint density at radius 3 is 2.68 bits per heavy atom. The van der Waals surface area contributed by atoms with E-state index in [9.17, 15) is 9.18 Å². The first-order valence-corrected chi connectivity index (χ1v) is 7.25. The normalized spacial score (nSPS) is 16.2. The molecule has 1 aliphatic carbocycles. The largest absolute Gasteiger partial charge is 0.494 e. The van der Waals surface area contributed by atoms with Gasteiger partial charge >= 0.3 is 0 Å². The Labute approximate surface area is 120 Å². The Balaban J connectivity index is 2.16. The highest BCUT2D eigenvalue weighted by molar-refractivity contribution is 9.10. The average molecular weight is 330 g/mol. The van der Waals surface area contributed by atoms with Crippen LogP contribution in [0.15, 0.2) is 16.6 Å². The van der Waals surface area contributed by atoms with Crippen molar-refractivity contribution in [1.82, 2.24) is 5.32 Å². The van der Waals surface area contributed by atoms with E-state index < -0.39 is 5.82 Å². The maximum Gasteiger partial charge on any atom is 0.254 e. The molecule has 19 heavy (non-hydrogen) atoms. The molecular weight excluding hydrogens is 313 g/mol. The maximum absolute atomic E-state index is 14.1. The zero-order valence-corrected chi connectivity index (χ0v) is 12.4. The second-order valence-electron chi connectivity index (χ2n) is 4.78.